The number of fused-ring (bicyclic) bond motifs is 3. The number of ketones is 1. The summed E-state index contributed by atoms with van der Waals surface area (Å²) in [6.45, 7) is 3.84. The van der Waals surface area contributed by atoms with Crippen LogP contribution < -0.4 is 5.32 Å². The molecule has 7 atom stereocenters. The molecule has 32 heavy (non-hydrogen) atoms. The summed E-state index contributed by atoms with van der Waals surface area (Å²) in [5, 5.41) is 2.36. The molecule has 9 nitrogen and oxygen atoms in total. The van der Waals surface area contributed by atoms with Crippen molar-refractivity contribution in [3.05, 3.63) is 24.2 Å². The van der Waals surface area contributed by atoms with Crippen molar-refractivity contribution in [3.63, 3.8) is 0 Å². The summed E-state index contributed by atoms with van der Waals surface area (Å²) in [4.78, 5) is 51.6. The molecule has 2 aliphatic carbocycles. The predicted molar refractivity (Wildman–Crippen MR) is 109 cm³/mol. The van der Waals surface area contributed by atoms with Crippen molar-refractivity contribution in [2.75, 3.05) is 14.2 Å². The van der Waals surface area contributed by atoms with Crippen LogP contribution in [0.2, 0.25) is 0 Å². The Morgan fingerprint density at radius 1 is 1.22 bits per heavy atom. The standard InChI is InChI=1S/C23H29NO8/c1-22-7-5-13-20(27)31-16(12-6-8-30-11-12)10-23(13,2)18(22)17(25)15(32-21(28)24-3)9-14(22)19(26)29-4/h6,8,11,13-16,18H,5,7,9-10H2,1-4H3,(H,24,28)/t13?,14?,15?,16-,18?,22-,23-/m0/s1. The van der Waals surface area contributed by atoms with Gasteiger partial charge in [0.15, 0.2) is 11.9 Å². The Hall–Kier alpha value is -2.84. The molecule has 3 fully saturated rings. The van der Waals surface area contributed by atoms with Gasteiger partial charge in [-0.1, -0.05) is 13.8 Å². The van der Waals surface area contributed by atoms with Gasteiger partial charge in [-0.2, -0.15) is 0 Å². The minimum absolute atomic E-state index is 0.0578. The van der Waals surface area contributed by atoms with E-state index in [0.29, 0.717) is 19.3 Å². The van der Waals surface area contributed by atoms with Crippen LogP contribution in [0.3, 0.4) is 0 Å². The first-order valence-corrected chi connectivity index (χ1v) is 10.9. The predicted octanol–water partition coefficient (Wildman–Crippen LogP) is 2.79. The lowest BCUT2D eigenvalue weighted by atomic mass is 9.43. The monoisotopic (exact) mass is 447 g/mol. The maximum atomic E-state index is 13.8. The number of rotatable bonds is 3. The number of carbonyl (C=O) groups excluding carboxylic acids is 4. The first-order chi connectivity index (χ1) is 15.2. The summed E-state index contributed by atoms with van der Waals surface area (Å²) in [6, 6.07) is 1.74. The van der Waals surface area contributed by atoms with Gasteiger partial charge in [0.25, 0.3) is 0 Å². The van der Waals surface area contributed by atoms with Crippen LogP contribution in [0.4, 0.5) is 4.79 Å². The highest BCUT2D eigenvalue weighted by atomic mass is 16.6. The molecule has 2 saturated carbocycles. The second-order valence-electron chi connectivity index (χ2n) is 9.58. The van der Waals surface area contributed by atoms with Crippen molar-refractivity contribution in [2.45, 2.75) is 51.7 Å². The zero-order chi connectivity index (χ0) is 23.3. The van der Waals surface area contributed by atoms with Gasteiger partial charge in [-0.15, -0.1) is 0 Å². The second-order valence-corrected chi connectivity index (χ2v) is 9.58. The average molecular weight is 447 g/mol. The number of Topliss-reactive ketones (excluding diaryl/α,β-unsaturated/α-hetero) is 1. The lowest BCUT2D eigenvalue weighted by molar-refractivity contribution is -0.207. The minimum atomic E-state index is -1.10. The molecule has 4 unspecified atom stereocenters. The average Bonchev–Trinajstić information content (AvgIpc) is 3.29. The van der Waals surface area contributed by atoms with Crippen LogP contribution in [0.25, 0.3) is 0 Å². The lowest BCUT2D eigenvalue weighted by Gasteiger charge is -2.60. The zero-order valence-corrected chi connectivity index (χ0v) is 18.7. The molecule has 1 saturated heterocycles. The third-order valence-electron chi connectivity index (χ3n) is 7.96. The molecular weight excluding hydrogens is 418 g/mol. The molecule has 9 heteroatoms. The number of ether oxygens (including phenoxy) is 3. The van der Waals surface area contributed by atoms with Crippen LogP contribution >= 0.6 is 0 Å². The Bertz CT molecular complexity index is 926. The summed E-state index contributed by atoms with van der Waals surface area (Å²) in [5.41, 5.74) is -0.814. The van der Waals surface area contributed by atoms with E-state index in [1.807, 2.05) is 13.8 Å². The molecule has 0 bridgehead atoms. The van der Waals surface area contributed by atoms with Crippen molar-refractivity contribution in [2.24, 2.45) is 28.6 Å². The third-order valence-corrected chi connectivity index (χ3v) is 7.96. The molecule has 0 spiro atoms. The molecule has 0 radical (unpaired) electrons. The van der Waals surface area contributed by atoms with Gasteiger partial charge in [0.2, 0.25) is 0 Å². The van der Waals surface area contributed by atoms with Gasteiger partial charge in [-0.05, 0) is 36.2 Å². The van der Waals surface area contributed by atoms with Crippen LogP contribution in [0, 0.1) is 28.6 Å². The fourth-order valence-corrected chi connectivity index (χ4v) is 6.45. The maximum Gasteiger partial charge on any atom is 0.407 e. The summed E-state index contributed by atoms with van der Waals surface area (Å²) in [5.74, 6) is -2.89. The molecule has 2 heterocycles. The number of hydrogen-bond acceptors (Lipinski definition) is 8. The molecule has 1 aromatic rings. The van der Waals surface area contributed by atoms with Gasteiger partial charge >= 0.3 is 18.0 Å². The van der Waals surface area contributed by atoms with Crippen molar-refractivity contribution >= 4 is 23.8 Å². The van der Waals surface area contributed by atoms with Gasteiger partial charge in [0.05, 0.1) is 31.5 Å². The number of furan rings is 1. The van der Waals surface area contributed by atoms with Crippen molar-refractivity contribution in [3.8, 4) is 0 Å². The van der Waals surface area contributed by atoms with E-state index in [-0.39, 0.29) is 18.2 Å². The van der Waals surface area contributed by atoms with Crippen LogP contribution in [-0.2, 0) is 28.6 Å². The number of methoxy groups -OCH3 is 1. The molecule has 0 aromatic carbocycles. The van der Waals surface area contributed by atoms with E-state index in [4.69, 9.17) is 18.6 Å². The van der Waals surface area contributed by atoms with E-state index in [2.05, 4.69) is 5.32 Å². The van der Waals surface area contributed by atoms with Gasteiger partial charge in [0, 0.05) is 24.9 Å². The fraction of sp³-hybridized carbons (Fsp3) is 0.652. The van der Waals surface area contributed by atoms with E-state index in [1.165, 1.54) is 26.7 Å². The first kappa shape index (κ1) is 22.4. The normalized spacial score (nSPS) is 38.7. The Labute approximate surface area is 186 Å². The van der Waals surface area contributed by atoms with Crippen molar-refractivity contribution in [1.82, 2.24) is 5.32 Å². The number of carbonyl (C=O) groups is 4. The number of esters is 2. The van der Waals surface area contributed by atoms with Crippen LogP contribution in [0.1, 0.15) is 51.2 Å². The molecule has 174 valence electrons. The smallest absolute Gasteiger partial charge is 0.407 e. The van der Waals surface area contributed by atoms with Crippen molar-refractivity contribution < 1.29 is 37.8 Å². The summed E-state index contributed by atoms with van der Waals surface area (Å²) < 4.78 is 21.4. The number of cyclic esters (lactones) is 1. The van der Waals surface area contributed by atoms with E-state index in [0.717, 1.165) is 5.56 Å². The third kappa shape index (κ3) is 3.29. The fourth-order valence-electron chi connectivity index (χ4n) is 6.45. The lowest BCUT2D eigenvalue weighted by Crippen LogP contribution is -2.65. The zero-order valence-electron chi connectivity index (χ0n) is 18.7. The topological polar surface area (TPSA) is 121 Å². The van der Waals surface area contributed by atoms with Crippen LogP contribution in [-0.4, -0.2) is 44.1 Å². The van der Waals surface area contributed by atoms with Crippen LogP contribution in [0.5, 0.6) is 0 Å². The van der Waals surface area contributed by atoms with E-state index in [1.54, 1.807) is 6.07 Å². The molecule has 3 aliphatic rings. The van der Waals surface area contributed by atoms with Gasteiger partial charge < -0.3 is 23.9 Å². The number of amides is 1. The van der Waals surface area contributed by atoms with E-state index < -0.39 is 52.9 Å². The first-order valence-electron chi connectivity index (χ1n) is 10.9. The van der Waals surface area contributed by atoms with Gasteiger partial charge in [0.1, 0.15) is 6.10 Å². The summed E-state index contributed by atoms with van der Waals surface area (Å²) in [7, 11) is 2.72. The Morgan fingerprint density at radius 2 is 1.97 bits per heavy atom. The Balaban J connectivity index is 1.78. The number of hydrogen-bond donors (Lipinski definition) is 1. The number of alkyl carbamates (subject to hydrolysis) is 1. The molecule has 1 aromatic heterocycles. The molecular formula is C23H29NO8. The highest BCUT2D eigenvalue weighted by molar-refractivity contribution is 5.93. The molecule has 1 aliphatic heterocycles. The minimum Gasteiger partial charge on any atom is -0.472 e. The van der Waals surface area contributed by atoms with Crippen LogP contribution in [0.15, 0.2) is 23.0 Å². The second kappa shape index (κ2) is 7.94. The van der Waals surface area contributed by atoms with Gasteiger partial charge in [-0.3, -0.25) is 14.4 Å². The number of nitrogens with one attached hydrogen (secondary N) is 1. The largest absolute Gasteiger partial charge is 0.472 e. The van der Waals surface area contributed by atoms with E-state index in [9.17, 15) is 19.2 Å². The SMILES string of the molecule is CNC(=O)OC1CC(C(=O)OC)[C@]2(C)CCC3C(=O)O[C@H](c4ccoc4)C[C@]3(C)C2C1=O. The van der Waals surface area contributed by atoms with Crippen molar-refractivity contribution in [1.29, 1.82) is 0 Å². The molecule has 1 amide bonds. The van der Waals surface area contributed by atoms with Gasteiger partial charge in [-0.25, -0.2) is 4.79 Å². The van der Waals surface area contributed by atoms with E-state index >= 15 is 0 Å². The quantitative estimate of drug-likeness (QED) is 0.555. The Morgan fingerprint density at radius 3 is 2.59 bits per heavy atom. The molecule has 4 rings (SSSR count). The molecule has 1 N–H and O–H groups in total. The maximum absolute atomic E-state index is 13.8. The summed E-state index contributed by atoms with van der Waals surface area (Å²) >= 11 is 0. The highest BCUT2D eigenvalue weighted by Crippen LogP contribution is 2.65. The highest BCUT2D eigenvalue weighted by Gasteiger charge is 2.67. The summed E-state index contributed by atoms with van der Waals surface area (Å²) in [6.07, 6.45) is 2.08. The Kier molecular flexibility index (Phi) is 5.55.